The molecule has 21 heavy (non-hydrogen) atoms. The second-order valence-corrected chi connectivity index (χ2v) is 6.71. The average molecular weight is 301 g/mol. The molecule has 1 atom stereocenters. The van der Waals surface area contributed by atoms with Gasteiger partial charge in [-0.15, -0.1) is 0 Å². The fraction of sp³-hybridized carbons (Fsp3) is 0.375. The van der Waals surface area contributed by atoms with Crippen LogP contribution in [-0.4, -0.2) is 28.4 Å². The first-order chi connectivity index (χ1) is 10.3. The first kappa shape index (κ1) is 14.2. The summed E-state index contributed by atoms with van der Waals surface area (Å²) in [4.78, 5) is 16.5. The normalized spacial score (nSPS) is 18.6. The molecule has 5 heteroatoms. The molecule has 0 aliphatic carbocycles. The lowest BCUT2D eigenvalue weighted by molar-refractivity contribution is 0.0954. The zero-order valence-corrected chi connectivity index (χ0v) is 12.7. The second kappa shape index (κ2) is 6.35. The highest BCUT2D eigenvalue weighted by molar-refractivity contribution is 7.99. The molecule has 0 saturated carbocycles. The summed E-state index contributed by atoms with van der Waals surface area (Å²) in [7, 11) is 0. The molecular formula is C16H19N3OS. The number of thioether (sulfide) groups is 1. The Morgan fingerprint density at radius 2 is 2.14 bits per heavy atom. The number of nitrogens with zero attached hydrogens (tertiary/aromatic N) is 1. The summed E-state index contributed by atoms with van der Waals surface area (Å²) in [5.74, 6) is 1.60. The minimum absolute atomic E-state index is 0.0649. The zero-order valence-electron chi connectivity index (χ0n) is 11.8. The van der Waals surface area contributed by atoms with Crippen molar-refractivity contribution in [1.29, 1.82) is 0 Å². The van der Waals surface area contributed by atoms with Crippen LogP contribution < -0.4 is 11.1 Å². The van der Waals surface area contributed by atoms with Gasteiger partial charge in [-0.25, -0.2) is 4.98 Å². The number of rotatable bonds is 3. The summed E-state index contributed by atoms with van der Waals surface area (Å²) < 4.78 is 0. The van der Waals surface area contributed by atoms with Crippen molar-refractivity contribution in [3.05, 3.63) is 36.0 Å². The molecule has 110 valence electrons. The number of hydrogen-bond donors (Lipinski definition) is 2. The maximum absolute atomic E-state index is 12.4. The lowest BCUT2D eigenvalue weighted by atomic mass is 10.1. The number of carbonyl (C=O) groups excluding carboxylic acids is 1. The molecule has 4 nitrogen and oxygen atoms in total. The van der Waals surface area contributed by atoms with Crippen molar-refractivity contribution in [2.24, 2.45) is 0 Å². The van der Waals surface area contributed by atoms with E-state index in [0.29, 0.717) is 16.6 Å². The molecule has 2 aromatic rings. The van der Waals surface area contributed by atoms with Gasteiger partial charge in [-0.05, 0) is 24.0 Å². The molecular weight excluding hydrogens is 282 g/mol. The van der Waals surface area contributed by atoms with E-state index < -0.39 is 0 Å². The standard InChI is InChI=1S/C16H19N3OS/c17-15-13-7-2-1-6-12(13)14(10-18-15)16(20)19-9-11-5-3-4-8-21-11/h1-2,6-7,10-11H,3-5,8-9H2,(H2,17,18)(H,19,20). The van der Waals surface area contributed by atoms with Crippen LogP contribution in [0, 0.1) is 0 Å². The molecule has 1 aliphatic heterocycles. The maximum atomic E-state index is 12.4. The van der Waals surface area contributed by atoms with E-state index >= 15 is 0 Å². The number of nitrogens with two attached hydrogens (primary N) is 1. The van der Waals surface area contributed by atoms with Crippen LogP contribution >= 0.6 is 11.8 Å². The summed E-state index contributed by atoms with van der Waals surface area (Å²) in [6.07, 6.45) is 5.31. The summed E-state index contributed by atoms with van der Waals surface area (Å²) in [5, 5.41) is 5.27. The van der Waals surface area contributed by atoms with Crippen molar-refractivity contribution in [3.63, 3.8) is 0 Å². The van der Waals surface area contributed by atoms with Crippen molar-refractivity contribution in [1.82, 2.24) is 10.3 Å². The number of carbonyl (C=O) groups is 1. The van der Waals surface area contributed by atoms with Gasteiger partial charge in [0.15, 0.2) is 0 Å². The van der Waals surface area contributed by atoms with Crippen LogP contribution in [0.25, 0.3) is 10.8 Å². The highest BCUT2D eigenvalue weighted by atomic mass is 32.2. The molecule has 2 heterocycles. The van der Waals surface area contributed by atoms with Gasteiger partial charge >= 0.3 is 0 Å². The van der Waals surface area contributed by atoms with Crippen molar-refractivity contribution in [2.45, 2.75) is 24.5 Å². The van der Waals surface area contributed by atoms with Gasteiger partial charge in [0.05, 0.1) is 5.56 Å². The van der Waals surface area contributed by atoms with Gasteiger partial charge < -0.3 is 11.1 Å². The van der Waals surface area contributed by atoms with Crippen molar-refractivity contribution in [2.75, 3.05) is 18.0 Å². The fourth-order valence-electron chi connectivity index (χ4n) is 2.67. The summed E-state index contributed by atoms with van der Waals surface area (Å²) in [6, 6.07) is 7.62. The molecule has 0 bridgehead atoms. The van der Waals surface area contributed by atoms with E-state index in [1.807, 2.05) is 36.0 Å². The third kappa shape index (κ3) is 3.13. The Kier molecular flexibility index (Phi) is 4.29. The smallest absolute Gasteiger partial charge is 0.253 e. The van der Waals surface area contributed by atoms with E-state index in [9.17, 15) is 4.79 Å². The largest absolute Gasteiger partial charge is 0.383 e. The Bertz CT molecular complexity index is 653. The Morgan fingerprint density at radius 3 is 2.90 bits per heavy atom. The van der Waals surface area contributed by atoms with Crippen LogP contribution in [0.5, 0.6) is 0 Å². The van der Waals surface area contributed by atoms with Gasteiger partial charge in [0.2, 0.25) is 0 Å². The molecule has 3 N–H and O–H groups in total. The van der Waals surface area contributed by atoms with E-state index in [1.54, 1.807) is 6.20 Å². The highest BCUT2D eigenvalue weighted by Gasteiger charge is 2.17. The molecule has 0 radical (unpaired) electrons. The van der Waals surface area contributed by atoms with Gasteiger partial charge in [0.1, 0.15) is 5.82 Å². The Balaban J connectivity index is 1.77. The molecule has 1 aromatic carbocycles. The number of hydrogen-bond acceptors (Lipinski definition) is 4. The van der Waals surface area contributed by atoms with Crippen molar-refractivity contribution >= 4 is 34.3 Å². The van der Waals surface area contributed by atoms with E-state index in [2.05, 4.69) is 10.3 Å². The number of pyridine rings is 1. The van der Waals surface area contributed by atoms with E-state index in [0.717, 1.165) is 17.3 Å². The quantitative estimate of drug-likeness (QED) is 0.914. The van der Waals surface area contributed by atoms with Crippen molar-refractivity contribution in [3.8, 4) is 0 Å². The summed E-state index contributed by atoms with van der Waals surface area (Å²) >= 11 is 1.96. The van der Waals surface area contributed by atoms with Gasteiger partial charge in [-0.2, -0.15) is 11.8 Å². The number of nitrogen functional groups attached to an aromatic ring is 1. The number of benzene rings is 1. The number of fused-ring (bicyclic) bond motifs is 1. The van der Waals surface area contributed by atoms with Crippen LogP contribution in [0.1, 0.15) is 29.6 Å². The second-order valence-electron chi connectivity index (χ2n) is 5.30. The number of nitrogens with one attached hydrogen (secondary N) is 1. The highest BCUT2D eigenvalue weighted by Crippen LogP contribution is 2.25. The molecule has 1 saturated heterocycles. The molecule has 3 rings (SSSR count). The number of aromatic nitrogens is 1. The first-order valence-corrected chi connectivity index (χ1v) is 8.33. The molecule has 0 spiro atoms. The predicted octanol–water partition coefficient (Wildman–Crippen LogP) is 2.83. The van der Waals surface area contributed by atoms with Gasteiger partial charge in [0.25, 0.3) is 5.91 Å². The lowest BCUT2D eigenvalue weighted by Gasteiger charge is -2.21. The van der Waals surface area contributed by atoms with Crippen LogP contribution in [0.4, 0.5) is 5.82 Å². The van der Waals surface area contributed by atoms with E-state index in [4.69, 9.17) is 5.73 Å². The Labute approximate surface area is 128 Å². The van der Waals surface area contributed by atoms with Gasteiger partial charge in [0, 0.05) is 23.4 Å². The molecule has 1 aliphatic rings. The monoisotopic (exact) mass is 301 g/mol. The lowest BCUT2D eigenvalue weighted by Crippen LogP contribution is -2.32. The average Bonchev–Trinajstić information content (AvgIpc) is 2.54. The number of amides is 1. The SMILES string of the molecule is Nc1ncc(C(=O)NCC2CCCCS2)c2ccccc12. The third-order valence-electron chi connectivity index (χ3n) is 3.83. The maximum Gasteiger partial charge on any atom is 0.253 e. The minimum Gasteiger partial charge on any atom is -0.383 e. The van der Waals surface area contributed by atoms with Crippen LogP contribution in [0.15, 0.2) is 30.5 Å². The first-order valence-electron chi connectivity index (χ1n) is 7.29. The minimum atomic E-state index is -0.0649. The van der Waals surface area contributed by atoms with Crippen LogP contribution in [0.3, 0.4) is 0 Å². The summed E-state index contributed by atoms with van der Waals surface area (Å²) in [6.45, 7) is 0.724. The zero-order chi connectivity index (χ0) is 14.7. The molecule has 1 fully saturated rings. The summed E-state index contributed by atoms with van der Waals surface area (Å²) in [5.41, 5.74) is 6.47. The predicted molar refractivity (Wildman–Crippen MR) is 88.6 cm³/mol. The molecule has 1 aromatic heterocycles. The Hall–Kier alpha value is -1.75. The van der Waals surface area contributed by atoms with E-state index in [-0.39, 0.29) is 5.91 Å². The fourth-order valence-corrected chi connectivity index (χ4v) is 3.90. The van der Waals surface area contributed by atoms with Gasteiger partial charge in [-0.3, -0.25) is 4.79 Å². The Morgan fingerprint density at radius 1 is 1.33 bits per heavy atom. The topological polar surface area (TPSA) is 68.0 Å². The third-order valence-corrected chi connectivity index (χ3v) is 5.23. The van der Waals surface area contributed by atoms with E-state index in [1.165, 1.54) is 25.0 Å². The van der Waals surface area contributed by atoms with Crippen LogP contribution in [-0.2, 0) is 0 Å². The van der Waals surface area contributed by atoms with Crippen molar-refractivity contribution < 1.29 is 4.79 Å². The molecule has 1 unspecified atom stereocenters. The molecule has 1 amide bonds. The van der Waals surface area contributed by atoms with Crippen LogP contribution in [0.2, 0.25) is 0 Å². The van der Waals surface area contributed by atoms with Gasteiger partial charge in [-0.1, -0.05) is 30.7 Å². The number of anilines is 1.